The van der Waals surface area contributed by atoms with Crippen molar-refractivity contribution in [2.24, 2.45) is 0 Å². The molecule has 0 heterocycles. The van der Waals surface area contributed by atoms with Gasteiger partial charge in [-0.2, -0.15) is 0 Å². The van der Waals surface area contributed by atoms with E-state index >= 15 is 0 Å². The van der Waals surface area contributed by atoms with Gasteiger partial charge in [-0.25, -0.2) is 8.78 Å². The molecule has 2 unspecified atom stereocenters. The summed E-state index contributed by atoms with van der Waals surface area (Å²) in [4.78, 5) is 0. The molecule has 1 aromatic rings. The fourth-order valence-electron chi connectivity index (χ4n) is 2.58. The predicted molar refractivity (Wildman–Crippen MR) is 58.6 cm³/mol. The Labute approximate surface area is 94.1 Å². The fraction of sp³-hybridized carbons (Fsp3) is 0.538. The molecule has 1 aliphatic carbocycles. The second-order valence-electron chi connectivity index (χ2n) is 4.50. The van der Waals surface area contributed by atoms with E-state index in [1.54, 1.807) is 0 Å². The maximum absolute atomic E-state index is 13.0. The van der Waals surface area contributed by atoms with Crippen molar-refractivity contribution < 1.29 is 13.9 Å². The molecule has 1 fully saturated rings. The van der Waals surface area contributed by atoms with E-state index in [-0.39, 0.29) is 6.42 Å². The van der Waals surface area contributed by atoms with Gasteiger partial charge in [-0.3, -0.25) is 0 Å². The van der Waals surface area contributed by atoms with Crippen LogP contribution in [0.15, 0.2) is 30.3 Å². The van der Waals surface area contributed by atoms with Gasteiger partial charge in [0.25, 0.3) is 6.43 Å². The highest BCUT2D eigenvalue weighted by atomic mass is 19.3. The standard InChI is InChI=1S/C13H16F2O/c14-12(15)13(16)9-5-4-8-11(13)10-6-2-1-3-7-10/h1-3,6-7,11-12,16H,4-5,8-9H2. The number of halogens is 2. The number of aliphatic hydroxyl groups is 1. The molecule has 0 spiro atoms. The summed E-state index contributed by atoms with van der Waals surface area (Å²) >= 11 is 0. The van der Waals surface area contributed by atoms with Gasteiger partial charge in [0, 0.05) is 5.92 Å². The average Bonchev–Trinajstić information content (AvgIpc) is 2.30. The van der Waals surface area contributed by atoms with Gasteiger partial charge < -0.3 is 5.11 Å². The zero-order valence-electron chi connectivity index (χ0n) is 9.07. The molecule has 1 N–H and O–H groups in total. The Hall–Kier alpha value is -0.960. The maximum atomic E-state index is 13.0. The smallest absolute Gasteiger partial charge is 0.267 e. The molecule has 0 saturated heterocycles. The second kappa shape index (κ2) is 4.50. The van der Waals surface area contributed by atoms with Crippen LogP contribution in [0.25, 0.3) is 0 Å². The number of rotatable bonds is 2. The first-order chi connectivity index (χ1) is 7.64. The molecule has 0 amide bonds. The normalized spacial score (nSPS) is 30.6. The third-order valence-electron chi connectivity index (χ3n) is 3.50. The second-order valence-corrected chi connectivity index (χ2v) is 4.50. The summed E-state index contributed by atoms with van der Waals surface area (Å²) in [5.74, 6) is -0.428. The number of hydrogen-bond acceptors (Lipinski definition) is 1. The molecule has 0 aliphatic heterocycles. The SMILES string of the molecule is OC1(C(F)F)CCCCC1c1ccccc1. The van der Waals surface area contributed by atoms with Crippen LogP contribution in [0.1, 0.15) is 37.2 Å². The molecule has 1 aliphatic rings. The summed E-state index contributed by atoms with van der Waals surface area (Å²) in [7, 11) is 0. The molecule has 2 atom stereocenters. The Morgan fingerprint density at radius 3 is 2.50 bits per heavy atom. The molecular weight excluding hydrogens is 210 g/mol. The summed E-state index contributed by atoms with van der Waals surface area (Å²) in [5.41, 5.74) is -1.01. The Balaban J connectivity index is 2.30. The number of benzene rings is 1. The Morgan fingerprint density at radius 2 is 1.88 bits per heavy atom. The van der Waals surface area contributed by atoms with Crippen molar-refractivity contribution >= 4 is 0 Å². The van der Waals surface area contributed by atoms with E-state index in [0.717, 1.165) is 12.0 Å². The summed E-state index contributed by atoms with van der Waals surface area (Å²) in [6.07, 6.45) is -0.230. The minimum Gasteiger partial charge on any atom is -0.383 e. The zero-order chi connectivity index (χ0) is 11.6. The van der Waals surface area contributed by atoms with E-state index in [4.69, 9.17) is 0 Å². The fourth-order valence-corrected chi connectivity index (χ4v) is 2.58. The van der Waals surface area contributed by atoms with Crippen LogP contribution >= 0.6 is 0 Å². The molecular formula is C13H16F2O. The Kier molecular flexibility index (Phi) is 3.24. The van der Waals surface area contributed by atoms with E-state index in [9.17, 15) is 13.9 Å². The highest BCUT2D eigenvalue weighted by Crippen LogP contribution is 2.44. The maximum Gasteiger partial charge on any atom is 0.267 e. The monoisotopic (exact) mass is 226 g/mol. The molecule has 88 valence electrons. The molecule has 1 nitrogen and oxygen atoms in total. The molecule has 1 saturated carbocycles. The van der Waals surface area contributed by atoms with Gasteiger partial charge in [0.15, 0.2) is 0 Å². The van der Waals surface area contributed by atoms with Crippen LogP contribution in [-0.2, 0) is 0 Å². The highest BCUT2D eigenvalue weighted by Gasteiger charge is 2.46. The van der Waals surface area contributed by atoms with Gasteiger partial charge in [-0.05, 0) is 18.4 Å². The first-order valence-electron chi connectivity index (χ1n) is 5.70. The predicted octanol–water partition coefficient (Wildman–Crippen LogP) is 3.34. The van der Waals surface area contributed by atoms with E-state index < -0.39 is 17.9 Å². The molecule has 2 rings (SSSR count). The van der Waals surface area contributed by atoms with Crippen molar-refractivity contribution in [1.29, 1.82) is 0 Å². The van der Waals surface area contributed by atoms with Gasteiger partial charge in [0.1, 0.15) is 5.60 Å². The van der Waals surface area contributed by atoms with Crippen LogP contribution in [0.5, 0.6) is 0 Å². The van der Waals surface area contributed by atoms with Crippen LogP contribution < -0.4 is 0 Å². The van der Waals surface area contributed by atoms with Gasteiger partial charge in [0.05, 0.1) is 0 Å². The highest BCUT2D eigenvalue weighted by molar-refractivity contribution is 5.24. The van der Waals surface area contributed by atoms with Crippen molar-refractivity contribution in [2.75, 3.05) is 0 Å². The van der Waals surface area contributed by atoms with E-state index in [2.05, 4.69) is 0 Å². The van der Waals surface area contributed by atoms with Crippen LogP contribution in [0.3, 0.4) is 0 Å². The Bertz CT molecular complexity index is 339. The summed E-state index contributed by atoms with van der Waals surface area (Å²) in [6.45, 7) is 0. The van der Waals surface area contributed by atoms with E-state index in [1.807, 2.05) is 30.3 Å². The van der Waals surface area contributed by atoms with Gasteiger partial charge in [-0.15, -0.1) is 0 Å². The first-order valence-corrected chi connectivity index (χ1v) is 5.70. The minimum atomic E-state index is -2.67. The third-order valence-corrected chi connectivity index (χ3v) is 3.50. The van der Waals surface area contributed by atoms with Gasteiger partial charge >= 0.3 is 0 Å². The van der Waals surface area contributed by atoms with E-state index in [0.29, 0.717) is 12.8 Å². The van der Waals surface area contributed by atoms with Crippen LogP contribution in [0, 0.1) is 0 Å². The number of alkyl halides is 2. The van der Waals surface area contributed by atoms with E-state index in [1.165, 1.54) is 0 Å². The molecule has 0 aromatic heterocycles. The van der Waals surface area contributed by atoms with Gasteiger partial charge in [-0.1, -0.05) is 43.2 Å². The summed E-state index contributed by atoms with van der Waals surface area (Å²) < 4.78 is 26.0. The van der Waals surface area contributed by atoms with Crippen LogP contribution in [0.2, 0.25) is 0 Å². The lowest BCUT2D eigenvalue weighted by Crippen LogP contribution is -2.45. The average molecular weight is 226 g/mol. The van der Waals surface area contributed by atoms with Crippen LogP contribution in [-0.4, -0.2) is 17.1 Å². The molecule has 1 aromatic carbocycles. The summed E-state index contributed by atoms with van der Waals surface area (Å²) in [6, 6.07) is 9.16. The quantitative estimate of drug-likeness (QED) is 0.820. The van der Waals surface area contributed by atoms with Crippen molar-refractivity contribution in [3.05, 3.63) is 35.9 Å². The third kappa shape index (κ3) is 1.96. The first kappa shape index (κ1) is 11.5. The summed E-state index contributed by atoms with van der Waals surface area (Å²) in [5, 5.41) is 10.1. The lowest BCUT2D eigenvalue weighted by Gasteiger charge is -2.39. The van der Waals surface area contributed by atoms with Crippen molar-refractivity contribution in [3.63, 3.8) is 0 Å². The minimum absolute atomic E-state index is 0.199. The topological polar surface area (TPSA) is 20.2 Å². The zero-order valence-corrected chi connectivity index (χ0v) is 9.07. The lowest BCUT2D eigenvalue weighted by atomic mass is 9.72. The number of hydrogen-bond donors (Lipinski definition) is 1. The molecule has 16 heavy (non-hydrogen) atoms. The van der Waals surface area contributed by atoms with Crippen molar-refractivity contribution in [3.8, 4) is 0 Å². The van der Waals surface area contributed by atoms with Crippen molar-refractivity contribution in [1.82, 2.24) is 0 Å². The van der Waals surface area contributed by atoms with Gasteiger partial charge in [0.2, 0.25) is 0 Å². The molecule has 0 bridgehead atoms. The Morgan fingerprint density at radius 1 is 1.19 bits per heavy atom. The lowest BCUT2D eigenvalue weighted by molar-refractivity contribution is -0.129. The van der Waals surface area contributed by atoms with Crippen molar-refractivity contribution in [2.45, 2.75) is 43.6 Å². The van der Waals surface area contributed by atoms with Crippen LogP contribution in [0.4, 0.5) is 8.78 Å². The largest absolute Gasteiger partial charge is 0.383 e. The molecule has 3 heteroatoms. The molecule has 0 radical (unpaired) electrons.